The molecular weight excluding hydrogens is 242 g/mol. The number of rotatable bonds is 3. The van der Waals surface area contributed by atoms with Crippen LogP contribution in [0.2, 0.25) is 5.15 Å². The summed E-state index contributed by atoms with van der Waals surface area (Å²) in [4.78, 5) is 18.5. The molecule has 0 unspecified atom stereocenters. The molecule has 1 heterocycles. The summed E-state index contributed by atoms with van der Waals surface area (Å²) in [5, 5.41) is 2.38. The highest BCUT2D eigenvalue weighted by atomic mass is 35.5. The van der Waals surface area contributed by atoms with Gasteiger partial charge in [0.1, 0.15) is 10.9 Å². The van der Waals surface area contributed by atoms with E-state index in [0.717, 1.165) is 6.26 Å². The second kappa shape index (κ2) is 4.54. The standard InChI is InChI=1S/C7H8ClN3O3S/c1-15(13,14)4-7(12)11-6-3-9-2-5(8)10-6/h2-3H,4H2,1H3,(H,10,11,12). The lowest BCUT2D eigenvalue weighted by Crippen LogP contribution is -2.22. The smallest absolute Gasteiger partial charge is 0.240 e. The van der Waals surface area contributed by atoms with Gasteiger partial charge in [-0.15, -0.1) is 0 Å². The molecule has 6 nitrogen and oxygen atoms in total. The van der Waals surface area contributed by atoms with Gasteiger partial charge in [0, 0.05) is 6.26 Å². The van der Waals surface area contributed by atoms with E-state index >= 15 is 0 Å². The molecule has 15 heavy (non-hydrogen) atoms. The third-order valence-electron chi connectivity index (χ3n) is 1.27. The number of hydrogen-bond acceptors (Lipinski definition) is 5. The highest BCUT2D eigenvalue weighted by molar-refractivity contribution is 7.91. The minimum Gasteiger partial charge on any atom is -0.308 e. The third kappa shape index (κ3) is 4.71. The molecule has 0 saturated heterocycles. The Morgan fingerprint density at radius 2 is 2.20 bits per heavy atom. The Balaban J connectivity index is 2.67. The maximum absolute atomic E-state index is 11.1. The molecule has 0 spiro atoms. The molecule has 0 aliphatic carbocycles. The van der Waals surface area contributed by atoms with Crippen LogP contribution in [0.5, 0.6) is 0 Å². The second-order valence-electron chi connectivity index (χ2n) is 2.85. The van der Waals surface area contributed by atoms with Crippen molar-refractivity contribution in [2.45, 2.75) is 0 Å². The van der Waals surface area contributed by atoms with Gasteiger partial charge in [0.25, 0.3) is 0 Å². The van der Waals surface area contributed by atoms with E-state index in [2.05, 4.69) is 15.3 Å². The van der Waals surface area contributed by atoms with E-state index in [-0.39, 0.29) is 11.0 Å². The van der Waals surface area contributed by atoms with Gasteiger partial charge in [0.15, 0.2) is 15.7 Å². The number of carbonyl (C=O) groups is 1. The maximum atomic E-state index is 11.1. The molecule has 1 N–H and O–H groups in total. The molecule has 1 aromatic rings. The molecule has 0 atom stereocenters. The highest BCUT2D eigenvalue weighted by Gasteiger charge is 2.11. The van der Waals surface area contributed by atoms with E-state index in [4.69, 9.17) is 11.6 Å². The fourth-order valence-corrected chi connectivity index (χ4v) is 1.52. The number of aromatic nitrogens is 2. The molecule has 0 aliphatic heterocycles. The quantitative estimate of drug-likeness (QED) is 0.822. The van der Waals surface area contributed by atoms with Gasteiger partial charge in [-0.2, -0.15) is 0 Å². The number of hydrogen-bond donors (Lipinski definition) is 1. The van der Waals surface area contributed by atoms with Crippen LogP contribution < -0.4 is 5.32 Å². The van der Waals surface area contributed by atoms with Crippen LogP contribution in [0.4, 0.5) is 5.82 Å². The summed E-state index contributed by atoms with van der Waals surface area (Å²) in [6.07, 6.45) is 3.54. The lowest BCUT2D eigenvalue weighted by Gasteiger charge is -2.02. The highest BCUT2D eigenvalue weighted by Crippen LogP contribution is 2.06. The molecule has 0 radical (unpaired) electrons. The van der Waals surface area contributed by atoms with E-state index in [9.17, 15) is 13.2 Å². The minimum atomic E-state index is -3.35. The fourth-order valence-electron chi connectivity index (χ4n) is 0.819. The number of amides is 1. The van der Waals surface area contributed by atoms with Gasteiger partial charge in [0.2, 0.25) is 5.91 Å². The molecule has 0 saturated carbocycles. The van der Waals surface area contributed by atoms with E-state index in [1.54, 1.807) is 0 Å². The Morgan fingerprint density at radius 3 is 2.73 bits per heavy atom. The molecule has 1 aromatic heterocycles. The van der Waals surface area contributed by atoms with Crippen molar-refractivity contribution in [2.75, 3.05) is 17.3 Å². The Hall–Kier alpha value is -1.21. The molecule has 1 amide bonds. The van der Waals surface area contributed by atoms with E-state index in [0.29, 0.717) is 0 Å². The van der Waals surface area contributed by atoms with E-state index in [1.165, 1.54) is 12.4 Å². The van der Waals surface area contributed by atoms with Crippen molar-refractivity contribution in [3.05, 3.63) is 17.5 Å². The van der Waals surface area contributed by atoms with Gasteiger partial charge in [-0.3, -0.25) is 9.78 Å². The van der Waals surface area contributed by atoms with Crippen molar-refractivity contribution in [1.82, 2.24) is 9.97 Å². The monoisotopic (exact) mass is 249 g/mol. The zero-order valence-electron chi connectivity index (χ0n) is 7.77. The van der Waals surface area contributed by atoms with Crippen molar-refractivity contribution in [3.63, 3.8) is 0 Å². The minimum absolute atomic E-state index is 0.118. The molecule has 82 valence electrons. The third-order valence-corrected chi connectivity index (χ3v) is 2.23. The largest absolute Gasteiger partial charge is 0.308 e. The normalized spacial score (nSPS) is 11.1. The summed E-state index contributed by atoms with van der Waals surface area (Å²) >= 11 is 5.52. The number of anilines is 1. The molecule has 0 aliphatic rings. The SMILES string of the molecule is CS(=O)(=O)CC(=O)Nc1cncc(Cl)n1. The van der Waals surface area contributed by atoms with E-state index < -0.39 is 21.5 Å². The van der Waals surface area contributed by atoms with Crippen LogP contribution in [0.25, 0.3) is 0 Å². The zero-order valence-corrected chi connectivity index (χ0v) is 9.34. The van der Waals surface area contributed by atoms with Crippen LogP contribution >= 0.6 is 11.6 Å². The Labute approximate surface area is 91.6 Å². The number of sulfone groups is 1. The topological polar surface area (TPSA) is 89.0 Å². The van der Waals surface area contributed by atoms with Crippen LogP contribution in [0.1, 0.15) is 0 Å². The van der Waals surface area contributed by atoms with Gasteiger partial charge < -0.3 is 5.32 Å². The second-order valence-corrected chi connectivity index (χ2v) is 5.37. The van der Waals surface area contributed by atoms with Crippen molar-refractivity contribution < 1.29 is 13.2 Å². The summed E-state index contributed by atoms with van der Waals surface area (Å²) in [5.41, 5.74) is 0. The summed E-state index contributed by atoms with van der Waals surface area (Å²) < 4.78 is 21.6. The first-order chi connectivity index (χ1) is 6.87. The molecule has 0 fully saturated rings. The van der Waals surface area contributed by atoms with Gasteiger partial charge in [-0.25, -0.2) is 13.4 Å². The predicted molar refractivity (Wildman–Crippen MR) is 55.4 cm³/mol. The maximum Gasteiger partial charge on any atom is 0.240 e. The number of nitrogens with one attached hydrogen (secondary N) is 1. The number of halogens is 1. The molecule has 0 bridgehead atoms. The van der Waals surface area contributed by atoms with Crippen molar-refractivity contribution in [3.8, 4) is 0 Å². The molecular formula is C7H8ClN3O3S. The van der Waals surface area contributed by atoms with Gasteiger partial charge >= 0.3 is 0 Å². The average Bonchev–Trinajstić information content (AvgIpc) is 1.99. The summed E-state index contributed by atoms with van der Waals surface area (Å²) in [5.74, 6) is -1.15. The predicted octanol–water partition coefficient (Wildman–Crippen LogP) is 0.113. The van der Waals surface area contributed by atoms with E-state index in [1.807, 2.05) is 0 Å². The van der Waals surface area contributed by atoms with Crippen LogP contribution in [-0.2, 0) is 14.6 Å². The summed E-state index contributed by atoms with van der Waals surface area (Å²) in [6, 6.07) is 0. The van der Waals surface area contributed by atoms with Crippen LogP contribution in [-0.4, -0.2) is 36.3 Å². The van der Waals surface area contributed by atoms with Crippen molar-refractivity contribution >= 4 is 33.2 Å². The molecule has 8 heteroatoms. The van der Waals surface area contributed by atoms with Crippen LogP contribution in [0.3, 0.4) is 0 Å². The summed E-state index contributed by atoms with van der Waals surface area (Å²) in [6.45, 7) is 0. The molecule has 0 aromatic carbocycles. The Morgan fingerprint density at radius 1 is 1.53 bits per heavy atom. The lowest BCUT2D eigenvalue weighted by molar-refractivity contribution is -0.113. The van der Waals surface area contributed by atoms with Crippen molar-refractivity contribution in [2.24, 2.45) is 0 Å². The fraction of sp³-hybridized carbons (Fsp3) is 0.286. The average molecular weight is 250 g/mol. The first-order valence-electron chi connectivity index (χ1n) is 3.82. The summed E-state index contributed by atoms with van der Waals surface area (Å²) in [7, 11) is -3.35. The molecule has 1 rings (SSSR count). The first kappa shape index (κ1) is 11.9. The Kier molecular flexibility index (Phi) is 3.59. The first-order valence-corrected chi connectivity index (χ1v) is 6.26. The lowest BCUT2D eigenvalue weighted by atomic mass is 10.6. The number of carbonyl (C=O) groups excluding carboxylic acids is 1. The van der Waals surface area contributed by atoms with Crippen LogP contribution in [0, 0.1) is 0 Å². The zero-order chi connectivity index (χ0) is 11.5. The number of nitrogens with zero attached hydrogens (tertiary/aromatic N) is 2. The Bertz CT molecular complexity index is 474. The van der Waals surface area contributed by atoms with Gasteiger partial charge in [0.05, 0.1) is 12.4 Å². The van der Waals surface area contributed by atoms with Gasteiger partial charge in [-0.1, -0.05) is 11.6 Å². The van der Waals surface area contributed by atoms with Gasteiger partial charge in [-0.05, 0) is 0 Å². The van der Waals surface area contributed by atoms with Crippen molar-refractivity contribution in [1.29, 1.82) is 0 Å². The van der Waals surface area contributed by atoms with Crippen LogP contribution in [0.15, 0.2) is 12.4 Å².